The average Bonchev–Trinajstić information content (AvgIpc) is 3.01. The summed E-state index contributed by atoms with van der Waals surface area (Å²) < 4.78 is 13.2. The zero-order valence-corrected chi connectivity index (χ0v) is 13.1. The first-order valence-corrected chi connectivity index (χ1v) is 8.12. The van der Waals surface area contributed by atoms with Crippen LogP contribution in [0.5, 0.6) is 0 Å². The van der Waals surface area contributed by atoms with E-state index < -0.39 is 5.82 Å². The number of hydrogen-bond donors (Lipinski definition) is 1. The minimum atomic E-state index is -0.510. The Bertz CT molecular complexity index is 686. The highest BCUT2D eigenvalue weighted by Gasteiger charge is 2.30. The summed E-state index contributed by atoms with van der Waals surface area (Å²) in [6.45, 7) is 0.644. The highest BCUT2D eigenvalue weighted by atomic mass is 35.5. The maximum absolute atomic E-state index is 13.2. The smallest absolute Gasteiger partial charge is 0.308 e. The maximum Gasteiger partial charge on any atom is 0.323 e. The largest absolute Gasteiger partial charge is 0.323 e. The zero-order chi connectivity index (χ0) is 15.5. The number of hydrogen-bond acceptors (Lipinski definition) is 3. The summed E-state index contributed by atoms with van der Waals surface area (Å²) >= 11 is 7.42. The fourth-order valence-corrected chi connectivity index (χ4v) is 3.66. The van der Waals surface area contributed by atoms with Crippen molar-refractivity contribution in [2.45, 2.75) is 5.37 Å². The normalized spacial score (nSPS) is 17.5. The van der Waals surface area contributed by atoms with Crippen molar-refractivity contribution < 1.29 is 9.18 Å². The van der Waals surface area contributed by atoms with Gasteiger partial charge in [0.1, 0.15) is 11.2 Å². The van der Waals surface area contributed by atoms with Crippen LogP contribution in [0.2, 0.25) is 5.02 Å². The topological polar surface area (TPSA) is 45.2 Å². The van der Waals surface area contributed by atoms with E-state index in [0.717, 1.165) is 11.3 Å². The number of nitrogens with zero attached hydrogens (tertiary/aromatic N) is 2. The first-order valence-electron chi connectivity index (χ1n) is 6.69. The molecule has 1 aromatic heterocycles. The van der Waals surface area contributed by atoms with Crippen molar-refractivity contribution >= 4 is 35.1 Å². The number of halogens is 2. The lowest BCUT2D eigenvalue weighted by atomic mass is 10.2. The molecule has 22 heavy (non-hydrogen) atoms. The minimum absolute atomic E-state index is 0.0163. The molecule has 0 bridgehead atoms. The molecule has 1 aliphatic heterocycles. The van der Waals surface area contributed by atoms with E-state index in [0.29, 0.717) is 12.2 Å². The van der Waals surface area contributed by atoms with Crippen LogP contribution in [0.4, 0.5) is 14.9 Å². The van der Waals surface area contributed by atoms with Gasteiger partial charge in [0, 0.05) is 35.9 Å². The molecule has 2 heterocycles. The highest BCUT2D eigenvalue weighted by molar-refractivity contribution is 7.99. The lowest BCUT2D eigenvalue weighted by molar-refractivity contribution is 0.214. The van der Waals surface area contributed by atoms with Crippen molar-refractivity contribution in [2.75, 3.05) is 17.6 Å². The number of nitrogens with one attached hydrogen (secondary N) is 1. The van der Waals surface area contributed by atoms with Gasteiger partial charge in [0.15, 0.2) is 0 Å². The van der Waals surface area contributed by atoms with Gasteiger partial charge < -0.3 is 10.2 Å². The van der Waals surface area contributed by atoms with Crippen molar-refractivity contribution in [3.05, 3.63) is 59.1 Å². The third-order valence-electron chi connectivity index (χ3n) is 3.29. The molecule has 2 aromatic rings. The van der Waals surface area contributed by atoms with E-state index in [1.165, 1.54) is 18.2 Å². The molecule has 0 spiro atoms. The van der Waals surface area contributed by atoms with Gasteiger partial charge in [-0.05, 0) is 24.3 Å². The van der Waals surface area contributed by atoms with Crippen LogP contribution in [0.1, 0.15) is 10.9 Å². The lowest BCUT2D eigenvalue weighted by Gasteiger charge is -2.24. The fourth-order valence-electron chi connectivity index (χ4n) is 2.25. The van der Waals surface area contributed by atoms with Gasteiger partial charge in [-0.1, -0.05) is 17.7 Å². The van der Waals surface area contributed by atoms with Gasteiger partial charge in [0.25, 0.3) is 0 Å². The number of aromatic nitrogens is 1. The molecule has 3 rings (SSSR count). The van der Waals surface area contributed by atoms with E-state index in [-0.39, 0.29) is 16.4 Å². The summed E-state index contributed by atoms with van der Waals surface area (Å²) in [6, 6.07) is 7.68. The molecule has 1 unspecified atom stereocenters. The summed E-state index contributed by atoms with van der Waals surface area (Å²) in [5, 5.41) is 2.67. The highest BCUT2D eigenvalue weighted by Crippen LogP contribution is 2.37. The number of carbonyl (C=O) groups is 1. The second-order valence-corrected chi connectivity index (χ2v) is 6.36. The molecule has 1 aromatic carbocycles. The molecular weight excluding hydrogens is 325 g/mol. The van der Waals surface area contributed by atoms with Gasteiger partial charge in [-0.2, -0.15) is 0 Å². The number of urea groups is 1. The van der Waals surface area contributed by atoms with E-state index >= 15 is 0 Å². The zero-order valence-electron chi connectivity index (χ0n) is 11.5. The van der Waals surface area contributed by atoms with Gasteiger partial charge in [-0.15, -0.1) is 11.8 Å². The van der Waals surface area contributed by atoms with Crippen molar-refractivity contribution in [3.8, 4) is 0 Å². The van der Waals surface area contributed by atoms with Crippen molar-refractivity contribution in [1.82, 2.24) is 9.88 Å². The predicted octanol–water partition coefficient (Wildman–Crippen LogP) is 4.15. The number of pyridine rings is 1. The number of amides is 2. The van der Waals surface area contributed by atoms with Crippen LogP contribution in [0, 0.1) is 5.82 Å². The Hall–Kier alpha value is -1.79. The Morgan fingerprint density at radius 1 is 1.45 bits per heavy atom. The molecule has 1 N–H and O–H groups in total. The van der Waals surface area contributed by atoms with Crippen molar-refractivity contribution in [1.29, 1.82) is 0 Å². The molecule has 1 saturated heterocycles. The Balaban J connectivity index is 1.75. The lowest BCUT2D eigenvalue weighted by Crippen LogP contribution is -2.34. The third kappa shape index (κ3) is 3.18. The van der Waals surface area contributed by atoms with Crippen LogP contribution in [0.25, 0.3) is 0 Å². The molecule has 114 valence electrons. The summed E-state index contributed by atoms with van der Waals surface area (Å²) in [7, 11) is 0. The Morgan fingerprint density at radius 2 is 2.32 bits per heavy atom. The number of anilines is 1. The van der Waals surface area contributed by atoms with Gasteiger partial charge >= 0.3 is 6.03 Å². The SMILES string of the molecule is O=C(Nc1ccc(F)c(Cl)c1)N1CCSC1c1cccnc1. The summed E-state index contributed by atoms with van der Waals surface area (Å²) in [5.74, 6) is 0.349. The Morgan fingerprint density at radius 3 is 3.05 bits per heavy atom. The molecule has 1 fully saturated rings. The number of rotatable bonds is 2. The summed E-state index contributed by atoms with van der Waals surface area (Å²) in [4.78, 5) is 18.3. The maximum atomic E-state index is 13.2. The molecule has 1 atom stereocenters. The van der Waals surface area contributed by atoms with E-state index in [9.17, 15) is 9.18 Å². The summed E-state index contributed by atoms with van der Waals surface area (Å²) in [6.07, 6.45) is 3.46. The quantitative estimate of drug-likeness (QED) is 0.895. The second kappa shape index (κ2) is 6.54. The molecule has 0 radical (unpaired) electrons. The Labute approximate surface area is 136 Å². The first kappa shape index (κ1) is 15.1. The average molecular weight is 338 g/mol. The monoisotopic (exact) mass is 337 g/mol. The van der Waals surface area contributed by atoms with Gasteiger partial charge in [-0.25, -0.2) is 9.18 Å². The van der Waals surface area contributed by atoms with E-state index in [2.05, 4.69) is 10.3 Å². The van der Waals surface area contributed by atoms with E-state index in [4.69, 9.17) is 11.6 Å². The first-order chi connectivity index (χ1) is 10.6. The van der Waals surface area contributed by atoms with Crippen LogP contribution < -0.4 is 5.32 Å². The molecular formula is C15H13ClFN3OS. The second-order valence-electron chi connectivity index (χ2n) is 4.76. The predicted molar refractivity (Wildman–Crippen MR) is 86.6 cm³/mol. The number of benzene rings is 1. The van der Waals surface area contributed by atoms with Crippen LogP contribution in [-0.2, 0) is 0 Å². The minimum Gasteiger partial charge on any atom is -0.308 e. The summed E-state index contributed by atoms with van der Waals surface area (Å²) in [5.41, 5.74) is 1.45. The molecule has 0 saturated carbocycles. The van der Waals surface area contributed by atoms with Crippen molar-refractivity contribution in [2.24, 2.45) is 0 Å². The molecule has 0 aliphatic carbocycles. The fraction of sp³-hybridized carbons (Fsp3) is 0.200. The van der Waals surface area contributed by atoms with Crippen LogP contribution in [0.3, 0.4) is 0 Å². The number of carbonyl (C=O) groups excluding carboxylic acids is 1. The molecule has 7 heteroatoms. The number of thioether (sulfide) groups is 1. The van der Waals surface area contributed by atoms with Crippen LogP contribution in [-0.4, -0.2) is 28.2 Å². The molecule has 2 amide bonds. The van der Waals surface area contributed by atoms with E-state index in [1.807, 2.05) is 12.1 Å². The van der Waals surface area contributed by atoms with Crippen LogP contribution >= 0.6 is 23.4 Å². The van der Waals surface area contributed by atoms with Crippen LogP contribution in [0.15, 0.2) is 42.7 Å². The molecule has 4 nitrogen and oxygen atoms in total. The van der Waals surface area contributed by atoms with E-state index in [1.54, 1.807) is 29.1 Å². The third-order valence-corrected chi connectivity index (χ3v) is 4.84. The van der Waals surface area contributed by atoms with Gasteiger partial charge in [0.05, 0.1) is 5.02 Å². The van der Waals surface area contributed by atoms with Gasteiger partial charge in [-0.3, -0.25) is 4.98 Å². The van der Waals surface area contributed by atoms with Crippen molar-refractivity contribution in [3.63, 3.8) is 0 Å². The standard InChI is InChI=1S/C15H13ClFN3OS/c16-12-8-11(3-4-13(12)17)19-15(21)20-6-7-22-14(20)10-2-1-5-18-9-10/h1-5,8-9,14H,6-7H2,(H,19,21). The Kier molecular flexibility index (Phi) is 4.49. The van der Waals surface area contributed by atoms with Gasteiger partial charge in [0.2, 0.25) is 0 Å². The molecule has 1 aliphatic rings.